The Hall–Kier alpha value is -0.120. The molecule has 1 N–H and O–H groups in total. The van der Waals surface area contributed by atoms with Gasteiger partial charge in [0.25, 0.3) is 0 Å². The molecule has 0 aromatic heterocycles. The number of aliphatic hydroxyl groups is 1. The van der Waals surface area contributed by atoms with E-state index in [2.05, 4.69) is 4.90 Å². The minimum Gasteiger partial charge on any atom is -0.393 e. The monoisotopic (exact) mass is 199 g/mol. The molecular formula is C11H21NO2. The number of hydrogen-bond donors (Lipinski definition) is 1. The van der Waals surface area contributed by atoms with E-state index in [4.69, 9.17) is 4.74 Å². The molecule has 3 nitrogen and oxygen atoms in total. The van der Waals surface area contributed by atoms with E-state index in [0.717, 1.165) is 26.2 Å². The van der Waals surface area contributed by atoms with Gasteiger partial charge in [0, 0.05) is 25.8 Å². The van der Waals surface area contributed by atoms with Crippen molar-refractivity contribution >= 4 is 0 Å². The Kier molecular flexibility index (Phi) is 3.42. The molecular weight excluding hydrogens is 178 g/mol. The minimum atomic E-state index is -0.139. The molecule has 0 radical (unpaired) electrons. The molecule has 0 saturated carbocycles. The first kappa shape index (κ1) is 10.4. The fourth-order valence-corrected chi connectivity index (χ4v) is 2.59. The molecule has 2 rings (SSSR count). The van der Waals surface area contributed by atoms with Crippen LogP contribution in [0.5, 0.6) is 0 Å². The highest BCUT2D eigenvalue weighted by Gasteiger charge is 2.31. The van der Waals surface area contributed by atoms with E-state index in [9.17, 15) is 5.11 Å². The average molecular weight is 199 g/mol. The first-order chi connectivity index (χ1) is 6.77. The van der Waals surface area contributed by atoms with Gasteiger partial charge in [0.05, 0.1) is 6.10 Å². The van der Waals surface area contributed by atoms with Crippen LogP contribution < -0.4 is 0 Å². The normalized spacial score (nSPS) is 33.4. The number of likely N-dealkylation sites (tertiary alicyclic amines) is 1. The Balaban J connectivity index is 1.82. The van der Waals surface area contributed by atoms with Crippen molar-refractivity contribution < 1.29 is 9.84 Å². The van der Waals surface area contributed by atoms with Crippen LogP contribution in [0.1, 0.15) is 26.2 Å². The second kappa shape index (κ2) is 4.60. The van der Waals surface area contributed by atoms with Crippen molar-refractivity contribution in [3.05, 3.63) is 0 Å². The van der Waals surface area contributed by atoms with Crippen LogP contribution in [-0.4, -0.2) is 48.5 Å². The van der Waals surface area contributed by atoms with Crippen molar-refractivity contribution in [3.63, 3.8) is 0 Å². The van der Waals surface area contributed by atoms with E-state index in [1.165, 1.54) is 19.4 Å². The summed E-state index contributed by atoms with van der Waals surface area (Å²) in [4.78, 5) is 2.54. The lowest BCUT2D eigenvalue weighted by molar-refractivity contribution is 0.0377. The molecule has 0 spiro atoms. The first-order valence-corrected chi connectivity index (χ1v) is 5.77. The molecule has 2 unspecified atom stereocenters. The summed E-state index contributed by atoms with van der Waals surface area (Å²) >= 11 is 0. The van der Waals surface area contributed by atoms with Gasteiger partial charge in [0.15, 0.2) is 0 Å². The lowest BCUT2D eigenvalue weighted by atomic mass is 10.0. The van der Waals surface area contributed by atoms with Gasteiger partial charge in [-0.25, -0.2) is 0 Å². The van der Waals surface area contributed by atoms with Gasteiger partial charge in [0.2, 0.25) is 0 Å². The molecule has 0 aromatic carbocycles. The smallest absolute Gasteiger partial charge is 0.0552 e. The zero-order chi connectivity index (χ0) is 9.97. The SMILES string of the molecule is CC(O)C1CCN(C2CCOCC2)C1. The van der Waals surface area contributed by atoms with Crippen molar-refractivity contribution in [2.24, 2.45) is 5.92 Å². The zero-order valence-electron chi connectivity index (χ0n) is 8.98. The second-order valence-corrected chi connectivity index (χ2v) is 4.63. The molecule has 0 amide bonds. The van der Waals surface area contributed by atoms with Gasteiger partial charge >= 0.3 is 0 Å². The van der Waals surface area contributed by atoms with E-state index in [0.29, 0.717) is 12.0 Å². The number of hydrogen-bond acceptors (Lipinski definition) is 3. The fourth-order valence-electron chi connectivity index (χ4n) is 2.59. The Morgan fingerprint density at radius 1 is 1.29 bits per heavy atom. The van der Waals surface area contributed by atoms with Crippen molar-refractivity contribution in [1.29, 1.82) is 0 Å². The van der Waals surface area contributed by atoms with Crippen LogP contribution >= 0.6 is 0 Å². The Labute approximate surface area is 86.0 Å². The summed E-state index contributed by atoms with van der Waals surface area (Å²) < 4.78 is 5.36. The van der Waals surface area contributed by atoms with Gasteiger partial charge in [-0.2, -0.15) is 0 Å². The van der Waals surface area contributed by atoms with Crippen LogP contribution in [0.3, 0.4) is 0 Å². The van der Waals surface area contributed by atoms with Crippen LogP contribution in [0.2, 0.25) is 0 Å². The van der Waals surface area contributed by atoms with Gasteiger partial charge in [-0.3, -0.25) is 4.90 Å². The summed E-state index contributed by atoms with van der Waals surface area (Å²) in [5.74, 6) is 0.498. The number of rotatable bonds is 2. The first-order valence-electron chi connectivity index (χ1n) is 5.77. The van der Waals surface area contributed by atoms with E-state index < -0.39 is 0 Å². The van der Waals surface area contributed by atoms with Crippen LogP contribution in [0, 0.1) is 5.92 Å². The maximum absolute atomic E-state index is 9.52. The summed E-state index contributed by atoms with van der Waals surface area (Å²) in [6.45, 7) is 6.00. The maximum atomic E-state index is 9.52. The van der Waals surface area contributed by atoms with Crippen molar-refractivity contribution in [2.45, 2.75) is 38.3 Å². The quantitative estimate of drug-likeness (QED) is 0.716. The molecule has 82 valence electrons. The Morgan fingerprint density at radius 3 is 2.57 bits per heavy atom. The van der Waals surface area contributed by atoms with Crippen molar-refractivity contribution in [2.75, 3.05) is 26.3 Å². The standard InChI is InChI=1S/C11H21NO2/c1-9(13)10-2-5-12(8-10)11-3-6-14-7-4-11/h9-11,13H,2-8H2,1H3. The molecule has 2 aliphatic heterocycles. The van der Waals surface area contributed by atoms with E-state index in [-0.39, 0.29) is 6.10 Å². The van der Waals surface area contributed by atoms with Gasteiger partial charge < -0.3 is 9.84 Å². The molecule has 14 heavy (non-hydrogen) atoms. The summed E-state index contributed by atoms with van der Waals surface area (Å²) in [6.07, 6.45) is 3.37. The molecule has 3 heteroatoms. The van der Waals surface area contributed by atoms with Gasteiger partial charge in [0.1, 0.15) is 0 Å². The summed E-state index contributed by atoms with van der Waals surface area (Å²) in [7, 11) is 0. The highest BCUT2D eigenvalue weighted by molar-refractivity contribution is 4.84. The summed E-state index contributed by atoms with van der Waals surface area (Å²) in [5, 5.41) is 9.52. The molecule has 2 aliphatic rings. The van der Waals surface area contributed by atoms with Crippen molar-refractivity contribution in [3.8, 4) is 0 Å². The largest absolute Gasteiger partial charge is 0.393 e. The predicted molar refractivity (Wildman–Crippen MR) is 55.2 cm³/mol. The Bertz CT molecular complexity index is 178. The van der Waals surface area contributed by atoms with E-state index in [1.807, 2.05) is 6.92 Å². The van der Waals surface area contributed by atoms with E-state index >= 15 is 0 Å². The van der Waals surface area contributed by atoms with E-state index in [1.54, 1.807) is 0 Å². The van der Waals surface area contributed by atoms with Crippen LogP contribution in [0.25, 0.3) is 0 Å². The highest BCUT2D eigenvalue weighted by atomic mass is 16.5. The molecule has 2 atom stereocenters. The van der Waals surface area contributed by atoms with Crippen LogP contribution in [-0.2, 0) is 4.74 Å². The molecule has 2 fully saturated rings. The molecule has 0 aliphatic carbocycles. The molecule has 0 aromatic rings. The lowest BCUT2D eigenvalue weighted by Gasteiger charge is -2.31. The van der Waals surface area contributed by atoms with Gasteiger partial charge in [-0.1, -0.05) is 0 Å². The number of aliphatic hydroxyl groups excluding tert-OH is 1. The van der Waals surface area contributed by atoms with Crippen molar-refractivity contribution in [1.82, 2.24) is 4.90 Å². The van der Waals surface area contributed by atoms with Crippen LogP contribution in [0.4, 0.5) is 0 Å². The fraction of sp³-hybridized carbons (Fsp3) is 1.00. The third-order valence-corrected chi connectivity index (χ3v) is 3.65. The average Bonchev–Trinajstić information content (AvgIpc) is 2.68. The highest BCUT2D eigenvalue weighted by Crippen LogP contribution is 2.25. The predicted octanol–water partition coefficient (Wildman–Crippen LogP) is 0.868. The number of nitrogens with zero attached hydrogens (tertiary/aromatic N) is 1. The molecule has 0 bridgehead atoms. The second-order valence-electron chi connectivity index (χ2n) is 4.63. The van der Waals surface area contributed by atoms with Gasteiger partial charge in [-0.05, 0) is 38.6 Å². The summed E-state index contributed by atoms with van der Waals surface area (Å²) in [5.41, 5.74) is 0. The van der Waals surface area contributed by atoms with Crippen LogP contribution in [0.15, 0.2) is 0 Å². The summed E-state index contributed by atoms with van der Waals surface area (Å²) in [6, 6.07) is 0.715. The van der Waals surface area contributed by atoms with Gasteiger partial charge in [-0.15, -0.1) is 0 Å². The Morgan fingerprint density at radius 2 is 2.00 bits per heavy atom. The maximum Gasteiger partial charge on any atom is 0.0552 e. The third kappa shape index (κ3) is 2.27. The topological polar surface area (TPSA) is 32.7 Å². The zero-order valence-corrected chi connectivity index (χ0v) is 8.98. The molecule has 2 saturated heterocycles. The minimum absolute atomic E-state index is 0.139. The number of ether oxygens (including phenoxy) is 1. The lowest BCUT2D eigenvalue weighted by Crippen LogP contribution is -2.38. The third-order valence-electron chi connectivity index (χ3n) is 3.65. The molecule has 2 heterocycles.